The first-order chi connectivity index (χ1) is 11.1. The Hall–Kier alpha value is -2.33. The SMILES string of the molecule is Cc1cccc(C(=O)OC2(c3ccccc3)CCNCC2)c1O. The second-order valence-corrected chi connectivity index (χ2v) is 5.97. The Morgan fingerprint density at radius 1 is 1.09 bits per heavy atom. The number of aryl methyl sites for hydroxylation is 1. The number of hydrogen-bond acceptors (Lipinski definition) is 4. The second kappa shape index (κ2) is 6.42. The number of piperidine rings is 1. The largest absolute Gasteiger partial charge is 0.507 e. The number of esters is 1. The lowest BCUT2D eigenvalue weighted by Crippen LogP contribution is -2.43. The van der Waals surface area contributed by atoms with E-state index in [1.165, 1.54) is 0 Å². The van der Waals surface area contributed by atoms with Gasteiger partial charge in [0.2, 0.25) is 0 Å². The number of ether oxygens (including phenoxy) is 1. The summed E-state index contributed by atoms with van der Waals surface area (Å²) in [6, 6.07) is 15.0. The van der Waals surface area contributed by atoms with E-state index in [0.29, 0.717) is 5.56 Å². The first kappa shape index (κ1) is 15.6. The summed E-state index contributed by atoms with van der Waals surface area (Å²) in [4.78, 5) is 12.7. The van der Waals surface area contributed by atoms with Crippen LogP contribution in [0.5, 0.6) is 5.75 Å². The number of hydrogen-bond donors (Lipinski definition) is 2. The van der Waals surface area contributed by atoms with E-state index < -0.39 is 11.6 Å². The van der Waals surface area contributed by atoms with Crippen LogP contribution in [0.3, 0.4) is 0 Å². The highest BCUT2D eigenvalue weighted by Gasteiger charge is 2.38. The molecule has 1 aliphatic heterocycles. The van der Waals surface area contributed by atoms with Crippen LogP contribution in [-0.2, 0) is 10.3 Å². The predicted octanol–water partition coefficient (Wildman–Crippen LogP) is 3.14. The molecule has 1 aliphatic rings. The van der Waals surface area contributed by atoms with Crippen molar-refractivity contribution in [2.45, 2.75) is 25.4 Å². The molecule has 1 saturated heterocycles. The van der Waals surface area contributed by atoms with E-state index in [4.69, 9.17) is 4.74 Å². The predicted molar refractivity (Wildman–Crippen MR) is 88.5 cm³/mol. The van der Waals surface area contributed by atoms with E-state index in [-0.39, 0.29) is 11.3 Å². The molecular weight excluding hydrogens is 290 g/mol. The van der Waals surface area contributed by atoms with E-state index in [1.54, 1.807) is 25.1 Å². The van der Waals surface area contributed by atoms with Crippen LogP contribution in [0, 0.1) is 6.92 Å². The third kappa shape index (κ3) is 3.08. The minimum absolute atomic E-state index is 0.00496. The molecule has 0 amide bonds. The van der Waals surface area contributed by atoms with Crippen LogP contribution < -0.4 is 5.32 Å². The standard InChI is InChI=1S/C19H21NO3/c1-14-6-5-9-16(17(14)21)18(22)23-19(10-12-20-13-11-19)15-7-3-2-4-8-15/h2-9,20-21H,10-13H2,1H3. The zero-order valence-electron chi connectivity index (χ0n) is 13.2. The molecule has 4 heteroatoms. The molecule has 120 valence electrons. The molecule has 2 N–H and O–H groups in total. The fourth-order valence-corrected chi connectivity index (χ4v) is 3.08. The molecule has 0 unspecified atom stereocenters. The lowest BCUT2D eigenvalue weighted by Gasteiger charge is -2.37. The Morgan fingerprint density at radius 3 is 2.48 bits per heavy atom. The lowest BCUT2D eigenvalue weighted by atomic mass is 9.84. The van der Waals surface area contributed by atoms with Crippen LogP contribution in [0.2, 0.25) is 0 Å². The van der Waals surface area contributed by atoms with Gasteiger partial charge in [-0.25, -0.2) is 4.79 Å². The van der Waals surface area contributed by atoms with Crippen molar-refractivity contribution in [3.8, 4) is 5.75 Å². The lowest BCUT2D eigenvalue weighted by molar-refractivity contribution is -0.0380. The summed E-state index contributed by atoms with van der Waals surface area (Å²) >= 11 is 0. The Balaban J connectivity index is 1.93. The summed E-state index contributed by atoms with van der Waals surface area (Å²) in [5.41, 5.74) is 1.25. The number of carbonyl (C=O) groups excluding carboxylic acids is 1. The molecule has 0 radical (unpaired) electrons. The maximum Gasteiger partial charge on any atom is 0.342 e. The van der Waals surface area contributed by atoms with Crippen molar-refractivity contribution in [3.63, 3.8) is 0 Å². The van der Waals surface area contributed by atoms with Crippen LogP contribution in [0.25, 0.3) is 0 Å². The van der Waals surface area contributed by atoms with E-state index in [9.17, 15) is 9.90 Å². The smallest absolute Gasteiger partial charge is 0.342 e. The Labute approximate surface area is 136 Å². The zero-order chi connectivity index (χ0) is 16.3. The molecule has 0 spiro atoms. The minimum atomic E-state index is -0.639. The third-order valence-electron chi connectivity index (χ3n) is 4.46. The van der Waals surface area contributed by atoms with Crippen molar-refractivity contribution in [1.82, 2.24) is 5.32 Å². The number of carbonyl (C=O) groups is 1. The molecule has 1 heterocycles. The number of para-hydroxylation sites is 1. The molecule has 0 aromatic heterocycles. The van der Waals surface area contributed by atoms with Crippen LogP contribution in [0.4, 0.5) is 0 Å². The maximum atomic E-state index is 12.7. The molecule has 3 rings (SSSR count). The Kier molecular flexibility index (Phi) is 4.35. The molecule has 2 aromatic carbocycles. The van der Waals surface area contributed by atoms with Crippen molar-refractivity contribution in [2.24, 2.45) is 0 Å². The fraction of sp³-hybridized carbons (Fsp3) is 0.316. The number of phenols is 1. The van der Waals surface area contributed by atoms with Gasteiger partial charge in [0.25, 0.3) is 0 Å². The molecule has 0 saturated carbocycles. The Bertz CT molecular complexity index is 691. The van der Waals surface area contributed by atoms with E-state index >= 15 is 0 Å². The summed E-state index contributed by atoms with van der Waals surface area (Å²) in [7, 11) is 0. The van der Waals surface area contributed by atoms with Gasteiger partial charge in [-0.1, -0.05) is 42.5 Å². The monoisotopic (exact) mass is 311 g/mol. The van der Waals surface area contributed by atoms with Crippen LogP contribution in [0.15, 0.2) is 48.5 Å². The van der Waals surface area contributed by atoms with Crippen molar-refractivity contribution in [1.29, 1.82) is 0 Å². The van der Waals surface area contributed by atoms with Crippen LogP contribution in [-0.4, -0.2) is 24.2 Å². The quantitative estimate of drug-likeness (QED) is 0.855. The Morgan fingerprint density at radius 2 is 1.78 bits per heavy atom. The number of nitrogens with one attached hydrogen (secondary N) is 1. The average Bonchev–Trinajstić information content (AvgIpc) is 2.59. The van der Waals surface area contributed by atoms with Gasteiger partial charge < -0.3 is 15.2 Å². The fourth-order valence-electron chi connectivity index (χ4n) is 3.08. The summed E-state index contributed by atoms with van der Waals surface area (Å²) in [5.74, 6) is -0.480. The molecular formula is C19H21NO3. The average molecular weight is 311 g/mol. The third-order valence-corrected chi connectivity index (χ3v) is 4.46. The highest BCUT2D eigenvalue weighted by atomic mass is 16.6. The molecule has 0 aliphatic carbocycles. The first-order valence-electron chi connectivity index (χ1n) is 7.90. The molecule has 2 aromatic rings. The van der Waals surface area contributed by atoms with Gasteiger partial charge in [0.15, 0.2) is 0 Å². The van der Waals surface area contributed by atoms with Crippen LogP contribution >= 0.6 is 0 Å². The molecule has 0 atom stereocenters. The number of phenolic OH excluding ortho intramolecular Hbond substituents is 1. The first-order valence-corrected chi connectivity index (χ1v) is 7.90. The van der Waals surface area contributed by atoms with Crippen molar-refractivity contribution in [3.05, 3.63) is 65.2 Å². The number of benzene rings is 2. The van der Waals surface area contributed by atoms with Gasteiger partial charge in [-0.2, -0.15) is 0 Å². The van der Waals surface area contributed by atoms with Crippen molar-refractivity contribution < 1.29 is 14.6 Å². The van der Waals surface area contributed by atoms with Crippen LogP contribution in [0.1, 0.15) is 34.3 Å². The summed E-state index contributed by atoms with van der Waals surface area (Å²) in [6.07, 6.45) is 1.44. The van der Waals surface area contributed by atoms with E-state index in [0.717, 1.165) is 31.5 Å². The summed E-state index contributed by atoms with van der Waals surface area (Å²) in [5, 5.41) is 13.4. The minimum Gasteiger partial charge on any atom is -0.507 e. The van der Waals surface area contributed by atoms with Gasteiger partial charge in [0.1, 0.15) is 16.9 Å². The molecule has 23 heavy (non-hydrogen) atoms. The van der Waals surface area contributed by atoms with Gasteiger partial charge in [-0.15, -0.1) is 0 Å². The normalized spacial score (nSPS) is 16.7. The molecule has 1 fully saturated rings. The van der Waals surface area contributed by atoms with Gasteiger partial charge >= 0.3 is 5.97 Å². The summed E-state index contributed by atoms with van der Waals surface area (Å²) < 4.78 is 5.95. The summed E-state index contributed by atoms with van der Waals surface area (Å²) in [6.45, 7) is 3.35. The van der Waals surface area contributed by atoms with Gasteiger partial charge in [-0.3, -0.25) is 0 Å². The van der Waals surface area contributed by atoms with E-state index in [2.05, 4.69) is 5.32 Å². The highest BCUT2D eigenvalue weighted by Crippen LogP contribution is 2.36. The van der Waals surface area contributed by atoms with Gasteiger partial charge in [0.05, 0.1) is 0 Å². The van der Waals surface area contributed by atoms with Crippen molar-refractivity contribution in [2.75, 3.05) is 13.1 Å². The van der Waals surface area contributed by atoms with Gasteiger partial charge in [0, 0.05) is 12.8 Å². The van der Waals surface area contributed by atoms with Gasteiger partial charge in [-0.05, 0) is 37.2 Å². The number of aromatic hydroxyl groups is 1. The second-order valence-electron chi connectivity index (χ2n) is 5.97. The zero-order valence-corrected chi connectivity index (χ0v) is 13.2. The number of rotatable bonds is 3. The highest BCUT2D eigenvalue weighted by molar-refractivity contribution is 5.93. The van der Waals surface area contributed by atoms with Crippen molar-refractivity contribution >= 4 is 5.97 Å². The molecule has 0 bridgehead atoms. The topological polar surface area (TPSA) is 58.6 Å². The van der Waals surface area contributed by atoms with E-state index in [1.807, 2.05) is 30.3 Å². The molecule has 4 nitrogen and oxygen atoms in total. The maximum absolute atomic E-state index is 12.7.